The van der Waals surface area contributed by atoms with Gasteiger partial charge in [-0.05, 0) is 33.2 Å². The maximum Gasteiger partial charge on any atom is 0.227 e. The summed E-state index contributed by atoms with van der Waals surface area (Å²) < 4.78 is 10.6. The fraction of sp³-hybridized carbons (Fsp3) is 0.556. The second-order valence-corrected chi connectivity index (χ2v) is 6.50. The van der Waals surface area contributed by atoms with Crippen LogP contribution in [0.5, 0.6) is 11.5 Å². The van der Waals surface area contributed by atoms with Crippen molar-refractivity contribution in [2.75, 3.05) is 46.3 Å². The highest BCUT2D eigenvalue weighted by atomic mass is 16.5. The summed E-state index contributed by atoms with van der Waals surface area (Å²) in [7, 11) is 7.05. The van der Waals surface area contributed by atoms with Crippen LogP contribution in [0, 0.1) is 5.92 Å². The maximum atomic E-state index is 12.4. The molecular formula is C18H27N3O4. The lowest BCUT2D eigenvalue weighted by Gasteiger charge is -2.22. The molecule has 0 aromatic heterocycles. The van der Waals surface area contributed by atoms with Crippen LogP contribution in [0.2, 0.25) is 0 Å². The third-order valence-electron chi connectivity index (χ3n) is 4.63. The molecule has 1 N–H and O–H groups in total. The summed E-state index contributed by atoms with van der Waals surface area (Å²) in [6.45, 7) is 2.93. The predicted octanol–water partition coefficient (Wildman–Crippen LogP) is 1.12. The van der Waals surface area contributed by atoms with E-state index in [2.05, 4.69) is 5.32 Å². The van der Waals surface area contributed by atoms with Crippen LogP contribution in [0.4, 0.5) is 5.69 Å². The lowest BCUT2D eigenvalue weighted by molar-refractivity contribution is -0.126. The number of likely N-dealkylation sites (N-methyl/N-ethyl adjacent to an activating group) is 1. The van der Waals surface area contributed by atoms with Gasteiger partial charge in [0.1, 0.15) is 11.5 Å². The third kappa shape index (κ3) is 4.42. The zero-order valence-electron chi connectivity index (χ0n) is 15.5. The molecule has 0 unspecified atom stereocenters. The quantitative estimate of drug-likeness (QED) is 0.799. The van der Waals surface area contributed by atoms with Crippen LogP contribution in [-0.4, -0.2) is 64.2 Å². The van der Waals surface area contributed by atoms with Gasteiger partial charge in [-0.2, -0.15) is 0 Å². The van der Waals surface area contributed by atoms with Crippen molar-refractivity contribution in [3.8, 4) is 11.5 Å². The van der Waals surface area contributed by atoms with Gasteiger partial charge in [0.05, 0.1) is 25.8 Å². The molecule has 1 aliphatic heterocycles. The summed E-state index contributed by atoms with van der Waals surface area (Å²) in [6.07, 6.45) is 0.197. The lowest BCUT2D eigenvalue weighted by atomic mass is 10.1. The van der Waals surface area contributed by atoms with Gasteiger partial charge < -0.3 is 24.6 Å². The number of hydrogen-bond acceptors (Lipinski definition) is 5. The Bertz CT molecular complexity index is 633. The molecule has 1 saturated heterocycles. The Morgan fingerprint density at radius 2 is 2.08 bits per heavy atom. The summed E-state index contributed by atoms with van der Waals surface area (Å²) >= 11 is 0. The van der Waals surface area contributed by atoms with Crippen molar-refractivity contribution in [2.45, 2.75) is 19.4 Å². The van der Waals surface area contributed by atoms with Gasteiger partial charge in [0.2, 0.25) is 11.8 Å². The van der Waals surface area contributed by atoms with E-state index in [1.807, 2.05) is 25.9 Å². The van der Waals surface area contributed by atoms with E-state index in [0.29, 0.717) is 30.3 Å². The minimum Gasteiger partial charge on any atom is -0.497 e. The summed E-state index contributed by atoms with van der Waals surface area (Å²) in [5, 5.41) is 2.93. The Labute approximate surface area is 148 Å². The van der Waals surface area contributed by atoms with E-state index >= 15 is 0 Å². The van der Waals surface area contributed by atoms with Crippen LogP contribution in [0.25, 0.3) is 0 Å². The second kappa shape index (κ2) is 8.20. The minimum atomic E-state index is -0.363. The molecule has 0 aliphatic carbocycles. The van der Waals surface area contributed by atoms with Crippen molar-refractivity contribution in [1.29, 1.82) is 0 Å². The number of ether oxygens (including phenoxy) is 2. The molecule has 1 aromatic rings. The summed E-state index contributed by atoms with van der Waals surface area (Å²) in [4.78, 5) is 28.5. The highest BCUT2D eigenvalue weighted by molar-refractivity contribution is 6.01. The highest BCUT2D eigenvalue weighted by Crippen LogP contribution is 2.36. The van der Waals surface area contributed by atoms with Gasteiger partial charge in [0, 0.05) is 31.6 Å². The Balaban J connectivity index is 2.08. The van der Waals surface area contributed by atoms with E-state index < -0.39 is 0 Å². The average molecular weight is 349 g/mol. The van der Waals surface area contributed by atoms with Gasteiger partial charge in [-0.1, -0.05) is 0 Å². The molecule has 2 atom stereocenters. The number of carbonyl (C=O) groups excluding carboxylic acids is 2. The second-order valence-electron chi connectivity index (χ2n) is 6.50. The normalized spacial score (nSPS) is 18.4. The number of amides is 2. The predicted molar refractivity (Wildman–Crippen MR) is 96.2 cm³/mol. The molecule has 7 nitrogen and oxygen atoms in total. The van der Waals surface area contributed by atoms with Crippen LogP contribution >= 0.6 is 0 Å². The van der Waals surface area contributed by atoms with Crippen molar-refractivity contribution in [3.05, 3.63) is 18.2 Å². The van der Waals surface area contributed by atoms with Crippen LogP contribution in [0.1, 0.15) is 13.3 Å². The van der Waals surface area contributed by atoms with Crippen molar-refractivity contribution in [1.82, 2.24) is 10.2 Å². The van der Waals surface area contributed by atoms with Gasteiger partial charge in [0.25, 0.3) is 0 Å². The van der Waals surface area contributed by atoms with Crippen LogP contribution in [-0.2, 0) is 9.59 Å². The zero-order chi connectivity index (χ0) is 18.6. The molecule has 2 rings (SSSR count). The smallest absolute Gasteiger partial charge is 0.227 e. The molecule has 25 heavy (non-hydrogen) atoms. The molecule has 1 aromatic carbocycles. The minimum absolute atomic E-state index is 0.0904. The first-order chi connectivity index (χ1) is 11.9. The van der Waals surface area contributed by atoms with Crippen molar-refractivity contribution in [3.63, 3.8) is 0 Å². The first-order valence-corrected chi connectivity index (χ1v) is 8.33. The number of carbonyl (C=O) groups is 2. The Kier molecular flexibility index (Phi) is 6.25. The van der Waals surface area contributed by atoms with Gasteiger partial charge >= 0.3 is 0 Å². The number of anilines is 1. The monoisotopic (exact) mass is 349 g/mol. The average Bonchev–Trinajstić information content (AvgIpc) is 3.00. The highest BCUT2D eigenvalue weighted by Gasteiger charge is 2.36. The Morgan fingerprint density at radius 1 is 1.36 bits per heavy atom. The van der Waals surface area contributed by atoms with Gasteiger partial charge in [-0.25, -0.2) is 0 Å². The molecule has 1 fully saturated rings. The van der Waals surface area contributed by atoms with Crippen LogP contribution in [0.15, 0.2) is 18.2 Å². The first kappa shape index (κ1) is 19.1. The number of nitrogens with zero attached hydrogens (tertiary/aromatic N) is 2. The lowest BCUT2D eigenvalue weighted by Crippen LogP contribution is -2.41. The Morgan fingerprint density at radius 3 is 2.68 bits per heavy atom. The number of rotatable bonds is 7. The van der Waals surface area contributed by atoms with E-state index in [4.69, 9.17) is 9.47 Å². The number of benzene rings is 1. The van der Waals surface area contributed by atoms with Crippen LogP contribution in [0.3, 0.4) is 0 Å². The molecule has 1 aliphatic rings. The summed E-state index contributed by atoms with van der Waals surface area (Å²) in [6, 6.07) is 5.52. The fourth-order valence-electron chi connectivity index (χ4n) is 2.70. The molecule has 2 amide bonds. The van der Waals surface area contributed by atoms with Gasteiger partial charge in [0.15, 0.2) is 0 Å². The molecule has 138 valence electrons. The van der Waals surface area contributed by atoms with Crippen molar-refractivity contribution < 1.29 is 19.1 Å². The number of hydrogen-bond donors (Lipinski definition) is 1. The largest absolute Gasteiger partial charge is 0.497 e. The summed E-state index contributed by atoms with van der Waals surface area (Å²) in [5.41, 5.74) is 0.629. The Hall–Kier alpha value is -2.28. The van der Waals surface area contributed by atoms with E-state index in [-0.39, 0.29) is 30.2 Å². The molecule has 0 radical (unpaired) electrons. The van der Waals surface area contributed by atoms with E-state index in [1.165, 1.54) is 0 Å². The number of methoxy groups -OCH3 is 2. The molecule has 1 heterocycles. The van der Waals surface area contributed by atoms with Crippen LogP contribution < -0.4 is 19.7 Å². The van der Waals surface area contributed by atoms with Crippen molar-refractivity contribution in [2.24, 2.45) is 5.92 Å². The maximum absolute atomic E-state index is 12.4. The van der Waals surface area contributed by atoms with E-state index in [9.17, 15) is 9.59 Å². The SMILES string of the molecule is COc1ccc(OC)c(N2C[C@H](C(=O)NC[C@@H](C)N(C)C)CC2=O)c1. The topological polar surface area (TPSA) is 71.1 Å². The van der Waals surface area contributed by atoms with Gasteiger partial charge in [-0.15, -0.1) is 0 Å². The van der Waals surface area contributed by atoms with E-state index in [1.54, 1.807) is 37.3 Å². The fourth-order valence-corrected chi connectivity index (χ4v) is 2.70. The molecule has 0 spiro atoms. The standard InChI is InChI=1S/C18H27N3O4/c1-12(20(2)3)10-19-18(23)13-8-17(22)21(11-13)15-9-14(24-4)6-7-16(15)25-5/h6-7,9,12-13H,8,10-11H2,1-5H3,(H,19,23)/t12-,13-/m1/s1. The molecule has 0 bridgehead atoms. The molecule has 0 saturated carbocycles. The molecule has 7 heteroatoms. The zero-order valence-corrected chi connectivity index (χ0v) is 15.5. The van der Waals surface area contributed by atoms with E-state index in [0.717, 1.165) is 0 Å². The van der Waals surface area contributed by atoms with Gasteiger partial charge in [-0.3, -0.25) is 9.59 Å². The molecular weight excluding hydrogens is 322 g/mol. The first-order valence-electron chi connectivity index (χ1n) is 8.33. The third-order valence-corrected chi connectivity index (χ3v) is 4.63. The summed E-state index contributed by atoms with van der Waals surface area (Å²) in [5.74, 6) is 0.671. The van der Waals surface area contributed by atoms with Crippen molar-refractivity contribution >= 4 is 17.5 Å². The number of nitrogens with one attached hydrogen (secondary N) is 1.